The highest BCUT2D eigenvalue weighted by Crippen LogP contribution is 2.30. The van der Waals surface area contributed by atoms with Crippen molar-refractivity contribution in [1.82, 2.24) is 4.90 Å². The number of ketones is 1. The molecule has 0 aliphatic carbocycles. The van der Waals surface area contributed by atoms with Gasteiger partial charge in [-0.15, -0.1) is 0 Å². The third-order valence-electron chi connectivity index (χ3n) is 5.66. The third kappa shape index (κ3) is 4.34. The number of anilines is 1. The molecular weight excluding hydrogens is 320 g/mol. The molecule has 3 heteroatoms. The summed E-state index contributed by atoms with van der Waals surface area (Å²) in [5, 5.41) is 3.58. The second kappa shape index (κ2) is 8.50. The van der Waals surface area contributed by atoms with E-state index < -0.39 is 5.54 Å². The standard InChI is InChI=1S/C23H30N2O/c1-3-22(26)23(24-21-12-8-5-9-13-21)14-16-25(17-15-23)19(2)18-20-10-6-4-7-11-20/h4-13,19,24H,3,14-18H2,1-2H3. The van der Waals surface area contributed by atoms with Crippen LogP contribution in [-0.4, -0.2) is 35.4 Å². The predicted octanol–water partition coefficient (Wildman–Crippen LogP) is 4.54. The fourth-order valence-corrected chi connectivity index (χ4v) is 4.04. The molecule has 3 nitrogen and oxygen atoms in total. The van der Waals surface area contributed by atoms with Crippen molar-refractivity contribution in [3.63, 3.8) is 0 Å². The van der Waals surface area contributed by atoms with Gasteiger partial charge in [-0.05, 0) is 43.9 Å². The van der Waals surface area contributed by atoms with Gasteiger partial charge >= 0.3 is 0 Å². The van der Waals surface area contributed by atoms with Crippen LogP contribution in [0, 0.1) is 0 Å². The van der Waals surface area contributed by atoms with Crippen LogP contribution in [0.25, 0.3) is 0 Å². The molecule has 0 amide bonds. The Hall–Kier alpha value is -2.13. The number of nitrogens with zero attached hydrogens (tertiary/aromatic N) is 1. The van der Waals surface area contributed by atoms with Crippen LogP contribution in [0.5, 0.6) is 0 Å². The predicted molar refractivity (Wildman–Crippen MR) is 109 cm³/mol. The van der Waals surface area contributed by atoms with E-state index in [2.05, 4.69) is 59.6 Å². The van der Waals surface area contributed by atoms with E-state index in [0.717, 1.165) is 38.0 Å². The Morgan fingerprint density at radius 3 is 2.19 bits per heavy atom. The average Bonchev–Trinajstić information content (AvgIpc) is 2.69. The number of hydrogen-bond donors (Lipinski definition) is 1. The van der Waals surface area contributed by atoms with Crippen LogP contribution in [0.4, 0.5) is 5.69 Å². The van der Waals surface area contributed by atoms with E-state index in [4.69, 9.17) is 0 Å². The molecule has 1 atom stereocenters. The van der Waals surface area contributed by atoms with Crippen LogP contribution in [0.15, 0.2) is 60.7 Å². The minimum absolute atomic E-state index is 0.330. The van der Waals surface area contributed by atoms with Gasteiger partial charge in [-0.2, -0.15) is 0 Å². The van der Waals surface area contributed by atoms with E-state index in [9.17, 15) is 4.79 Å². The van der Waals surface area contributed by atoms with Gasteiger partial charge in [0.2, 0.25) is 0 Å². The minimum atomic E-state index is -0.418. The van der Waals surface area contributed by atoms with Crippen molar-refractivity contribution < 1.29 is 4.79 Å². The number of carbonyl (C=O) groups excluding carboxylic acids is 1. The molecule has 0 spiro atoms. The van der Waals surface area contributed by atoms with Crippen LogP contribution in [0.3, 0.4) is 0 Å². The number of likely N-dealkylation sites (tertiary alicyclic amines) is 1. The molecule has 1 aliphatic rings. The van der Waals surface area contributed by atoms with Crippen molar-refractivity contribution in [2.75, 3.05) is 18.4 Å². The molecule has 1 heterocycles. The van der Waals surface area contributed by atoms with Crippen molar-refractivity contribution >= 4 is 11.5 Å². The van der Waals surface area contributed by atoms with Gasteiger partial charge in [0, 0.05) is 31.2 Å². The summed E-state index contributed by atoms with van der Waals surface area (Å²) in [6.07, 6.45) is 3.38. The Morgan fingerprint density at radius 2 is 1.62 bits per heavy atom. The number of benzene rings is 2. The summed E-state index contributed by atoms with van der Waals surface area (Å²) in [7, 11) is 0. The summed E-state index contributed by atoms with van der Waals surface area (Å²) in [4.78, 5) is 15.3. The molecule has 1 aliphatic heterocycles. The van der Waals surface area contributed by atoms with E-state index >= 15 is 0 Å². The molecule has 1 N–H and O–H groups in total. The topological polar surface area (TPSA) is 32.3 Å². The average molecular weight is 351 g/mol. The smallest absolute Gasteiger partial charge is 0.157 e. The lowest BCUT2D eigenvalue weighted by atomic mass is 9.81. The summed E-state index contributed by atoms with van der Waals surface area (Å²) < 4.78 is 0. The molecule has 0 aromatic heterocycles. The molecule has 3 rings (SSSR count). The highest BCUT2D eigenvalue weighted by Gasteiger charge is 2.40. The monoisotopic (exact) mass is 350 g/mol. The van der Waals surface area contributed by atoms with Crippen LogP contribution in [0.1, 0.15) is 38.7 Å². The zero-order valence-electron chi connectivity index (χ0n) is 15.9. The maximum absolute atomic E-state index is 12.8. The van der Waals surface area contributed by atoms with Gasteiger partial charge in [-0.25, -0.2) is 0 Å². The Bertz CT molecular complexity index is 691. The van der Waals surface area contributed by atoms with Crippen molar-refractivity contribution in [3.8, 4) is 0 Å². The summed E-state index contributed by atoms with van der Waals surface area (Å²) in [5.41, 5.74) is 2.00. The van der Waals surface area contributed by atoms with Crippen LogP contribution < -0.4 is 5.32 Å². The van der Waals surface area contributed by atoms with Crippen molar-refractivity contribution in [3.05, 3.63) is 66.2 Å². The molecule has 2 aromatic rings. The summed E-state index contributed by atoms with van der Waals surface area (Å²) in [6, 6.07) is 21.3. The highest BCUT2D eigenvalue weighted by molar-refractivity contribution is 5.91. The Kier molecular flexibility index (Phi) is 6.10. The Morgan fingerprint density at radius 1 is 1.04 bits per heavy atom. The molecule has 26 heavy (non-hydrogen) atoms. The Balaban J connectivity index is 1.65. The molecule has 0 bridgehead atoms. The third-order valence-corrected chi connectivity index (χ3v) is 5.66. The molecule has 0 saturated carbocycles. The lowest BCUT2D eigenvalue weighted by Crippen LogP contribution is -2.55. The zero-order chi connectivity index (χ0) is 18.4. The number of piperidine rings is 1. The maximum Gasteiger partial charge on any atom is 0.157 e. The first kappa shape index (κ1) is 18.7. The number of nitrogens with one attached hydrogen (secondary N) is 1. The van der Waals surface area contributed by atoms with Crippen molar-refractivity contribution in [2.24, 2.45) is 0 Å². The van der Waals surface area contributed by atoms with Crippen molar-refractivity contribution in [1.29, 1.82) is 0 Å². The molecule has 2 aromatic carbocycles. The first-order chi connectivity index (χ1) is 12.6. The number of Topliss-reactive ketones (excluding diaryl/α,β-unsaturated/α-hetero) is 1. The number of carbonyl (C=O) groups is 1. The minimum Gasteiger partial charge on any atom is -0.373 e. The molecule has 1 unspecified atom stereocenters. The largest absolute Gasteiger partial charge is 0.373 e. The molecular formula is C23H30N2O. The van der Waals surface area contributed by atoms with Crippen LogP contribution in [-0.2, 0) is 11.2 Å². The summed E-state index contributed by atoms with van der Waals surface area (Å²) >= 11 is 0. The first-order valence-corrected chi connectivity index (χ1v) is 9.77. The van der Waals surface area contributed by atoms with Gasteiger partial charge in [0.25, 0.3) is 0 Å². The number of para-hydroxylation sites is 1. The van der Waals surface area contributed by atoms with E-state index in [1.807, 2.05) is 25.1 Å². The summed E-state index contributed by atoms with van der Waals surface area (Å²) in [6.45, 7) is 6.19. The number of hydrogen-bond acceptors (Lipinski definition) is 3. The SMILES string of the molecule is CCC(=O)C1(Nc2ccccc2)CCN(C(C)Cc2ccccc2)CC1. The van der Waals surface area contributed by atoms with E-state index in [0.29, 0.717) is 18.2 Å². The number of rotatable bonds is 7. The second-order valence-electron chi connectivity index (χ2n) is 7.42. The van der Waals surface area contributed by atoms with Gasteiger partial charge < -0.3 is 10.2 Å². The molecule has 138 valence electrons. The lowest BCUT2D eigenvalue weighted by Gasteiger charge is -2.44. The molecule has 0 radical (unpaired) electrons. The fraction of sp³-hybridized carbons (Fsp3) is 0.435. The summed E-state index contributed by atoms with van der Waals surface area (Å²) in [5.74, 6) is 0.330. The lowest BCUT2D eigenvalue weighted by molar-refractivity contribution is -0.124. The van der Waals surface area contributed by atoms with Gasteiger partial charge in [-0.1, -0.05) is 55.5 Å². The van der Waals surface area contributed by atoms with Gasteiger partial charge in [-0.3, -0.25) is 4.79 Å². The van der Waals surface area contributed by atoms with Crippen LogP contribution >= 0.6 is 0 Å². The van der Waals surface area contributed by atoms with E-state index in [1.54, 1.807) is 0 Å². The zero-order valence-corrected chi connectivity index (χ0v) is 15.9. The van der Waals surface area contributed by atoms with E-state index in [1.165, 1.54) is 5.56 Å². The molecule has 1 fully saturated rings. The quantitative estimate of drug-likeness (QED) is 0.795. The first-order valence-electron chi connectivity index (χ1n) is 9.77. The Labute approximate surface area is 157 Å². The van der Waals surface area contributed by atoms with Gasteiger partial charge in [0.05, 0.1) is 5.54 Å². The van der Waals surface area contributed by atoms with Crippen LogP contribution in [0.2, 0.25) is 0 Å². The maximum atomic E-state index is 12.8. The second-order valence-corrected chi connectivity index (χ2v) is 7.42. The van der Waals surface area contributed by atoms with Crippen molar-refractivity contribution in [2.45, 2.75) is 51.1 Å². The van der Waals surface area contributed by atoms with Gasteiger partial charge in [0.1, 0.15) is 0 Å². The normalized spacial score (nSPS) is 18.2. The van der Waals surface area contributed by atoms with Gasteiger partial charge in [0.15, 0.2) is 5.78 Å². The fourth-order valence-electron chi connectivity index (χ4n) is 4.04. The highest BCUT2D eigenvalue weighted by atomic mass is 16.1. The molecule has 1 saturated heterocycles. The van der Waals surface area contributed by atoms with E-state index in [-0.39, 0.29) is 0 Å².